The highest BCUT2D eigenvalue weighted by Gasteiger charge is 2.14. The molecule has 0 unspecified atom stereocenters. The summed E-state index contributed by atoms with van der Waals surface area (Å²) in [6.45, 7) is 1.90. The highest BCUT2D eigenvalue weighted by Crippen LogP contribution is 2.29. The van der Waals surface area contributed by atoms with Crippen molar-refractivity contribution >= 4 is 16.9 Å². The summed E-state index contributed by atoms with van der Waals surface area (Å²) in [5, 5.41) is 9.88. The molecule has 2 aromatic carbocycles. The molecule has 1 aromatic heterocycles. The predicted molar refractivity (Wildman–Crippen MR) is 80.0 cm³/mol. The summed E-state index contributed by atoms with van der Waals surface area (Å²) in [5.74, 6) is -1.30. The first-order chi connectivity index (χ1) is 9.97. The van der Waals surface area contributed by atoms with Crippen molar-refractivity contribution in [3.63, 3.8) is 0 Å². The van der Waals surface area contributed by atoms with Crippen LogP contribution in [0.1, 0.15) is 15.9 Å². The minimum Gasteiger partial charge on any atom is -0.478 e. The van der Waals surface area contributed by atoms with E-state index in [2.05, 4.69) is 0 Å². The molecule has 4 heteroatoms. The van der Waals surface area contributed by atoms with Crippen molar-refractivity contribution in [3.8, 4) is 11.1 Å². The number of rotatable bonds is 2. The Hall–Kier alpha value is -2.62. The summed E-state index contributed by atoms with van der Waals surface area (Å²) >= 11 is 0. The molecule has 0 amide bonds. The Morgan fingerprint density at radius 2 is 1.95 bits per heavy atom. The summed E-state index contributed by atoms with van der Waals surface area (Å²) in [4.78, 5) is 11.3. The smallest absolute Gasteiger partial charge is 0.337 e. The Bertz CT molecular complexity index is 865. The molecule has 1 N–H and O–H groups in total. The second-order valence-electron chi connectivity index (χ2n) is 5.17. The molecule has 0 fully saturated rings. The molecule has 0 aliphatic rings. The number of hydrogen-bond donors (Lipinski definition) is 1. The zero-order valence-electron chi connectivity index (χ0n) is 11.7. The minimum atomic E-state index is -0.984. The average Bonchev–Trinajstić information content (AvgIpc) is 2.78. The first-order valence-corrected chi connectivity index (χ1v) is 6.56. The van der Waals surface area contributed by atoms with Crippen LogP contribution in [0.15, 0.2) is 42.6 Å². The molecular formula is C17H14FNO2. The van der Waals surface area contributed by atoms with Crippen molar-refractivity contribution < 1.29 is 14.3 Å². The number of halogens is 1. The number of carboxylic acid groups (broad SMARTS) is 1. The van der Waals surface area contributed by atoms with Crippen LogP contribution in [0.25, 0.3) is 22.0 Å². The lowest BCUT2D eigenvalue weighted by atomic mass is 10.0. The summed E-state index contributed by atoms with van der Waals surface area (Å²) in [6, 6.07) is 10.3. The van der Waals surface area contributed by atoms with Gasteiger partial charge < -0.3 is 9.67 Å². The molecule has 3 aromatic rings. The Morgan fingerprint density at radius 1 is 1.19 bits per heavy atom. The molecule has 21 heavy (non-hydrogen) atoms. The highest BCUT2D eigenvalue weighted by molar-refractivity contribution is 6.04. The van der Waals surface area contributed by atoms with E-state index in [1.54, 1.807) is 36.0 Å². The first-order valence-electron chi connectivity index (χ1n) is 6.56. The molecule has 3 rings (SSSR count). The second kappa shape index (κ2) is 4.74. The number of hydrogen-bond acceptors (Lipinski definition) is 1. The molecular weight excluding hydrogens is 269 g/mol. The zero-order chi connectivity index (χ0) is 15.1. The maximum atomic E-state index is 14.0. The molecule has 0 aliphatic carbocycles. The summed E-state index contributed by atoms with van der Waals surface area (Å²) in [5.41, 5.74) is 3.15. The van der Waals surface area contributed by atoms with E-state index in [0.717, 1.165) is 11.1 Å². The third-order valence-electron chi connectivity index (χ3n) is 3.65. The van der Waals surface area contributed by atoms with Crippen molar-refractivity contribution in [2.45, 2.75) is 6.92 Å². The fraction of sp³-hybridized carbons (Fsp3) is 0.118. The Balaban J connectivity index is 2.28. The van der Waals surface area contributed by atoms with Crippen molar-refractivity contribution in [3.05, 3.63) is 59.5 Å². The number of aryl methyl sites for hydroxylation is 2. The Kier molecular flexibility index (Phi) is 3.01. The van der Waals surface area contributed by atoms with Crippen molar-refractivity contribution in [1.82, 2.24) is 4.57 Å². The predicted octanol–water partition coefficient (Wildman–Crippen LogP) is 3.99. The van der Waals surface area contributed by atoms with Crippen molar-refractivity contribution in [2.75, 3.05) is 0 Å². The zero-order valence-corrected chi connectivity index (χ0v) is 11.7. The Labute approximate surface area is 121 Å². The quantitative estimate of drug-likeness (QED) is 0.772. The van der Waals surface area contributed by atoms with Crippen molar-refractivity contribution in [2.24, 2.45) is 7.05 Å². The van der Waals surface area contributed by atoms with Gasteiger partial charge in [-0.15, -0.1) is 0 Å². The van der Waals surface area contributed by atoms with Gasteiger partial charge in [-0.1, -0.05) is 17.7 Å². The number of aromatic carboxylic acids is 1. The highest BCUT2D eigenvalue weighted by atomic mass is 19.1. The monoisotopic (exact) mass is 283 g/mol. The van der Waals surface area contributed by atoms with Crippen LogP contribution < -0.4 is 0 Å². The van der Waals surface area contributed by atoms with Crippen LogP contribution in [-0.4, -0.2) is 15.6 Å². The van der Waals surface area contributed by atoms with Crippen LogP contribution in [0.5, 0.6) is 0 Å². The number of carbonyl (C=O) groups is 1. The normalized spacial score (nSPS) is 11.0. The van der Waals surface area contributed by atoms with Gasteiger partial charge in [0, 0.05) is 29.7 Å². The van der Waals surface area contributed by atoms with Gasteiger partial charge in [-0.25, -0.2) is 9.18 Å². The number of benzene rings is 2. The number of fused-ring (bicyclic) bond motifs is 1. The molecule has 0 aliphatic heterocycles. The molecule has 0 atom stereocenters. The van der Waals surface area contributed by atoms with Crippen LogP contribution >= 0.6 is 0 Å². The van der Waals surface area contributed by atoms with E-state index in [-0.39, 0.29) is 11.4 Å². The summed E-state index contributed by atoms with van der Waals surface area (Å²) in [6.07, 6.45) is 1.57. The van der Waals surface area contributed by atoms with E-state index in [9.17, 15) is 14.3 Å². The molecule has 0 spiro atoms. The van der Waals surface area contributed by atoms with Gasteiger partial charge in [0.1, 0.15) is 5.82 Å². The van der Waals surface area contributed by atoms with E-state index < -0.39 is 5.97 Å². The van der Waals surface area contributed by atoms with Gasteiger partial charge in [0.25, 0.3) is 0 Å². The molecule has 0 radical (unpaired) electrons. The third-order valence-corrected chi connectivity index (χ3v) is 3.65. The topological polar surface area (TPSA) is 42.2 Å². The standard InChI is InChI=1S/C17H14FNO2/c1-10-3-5-15(18)12(7-10)11-4-6-16-13(8-11)14(17(20)21)9-19(16)2/h3-9H,1-2H3,(H,20,21). The number of carboxylic acids is 1. The van der Waals surface area contributed by atoms with Gasteiger partial charge in [-0.2, -0.15) is 0 Å². The van der Waals surface area contributed by atoms with Gasteiger partial charge in [-0.05, 0) is 36.8 Å². The van der Waals surface area contributed by atoms with Gasteiger partial charge in [0.05, 0.1) is 5.56 Å². The van der Waals surface area contributed by atoms with Gasteiger partial charge in [-0.3, -0.25) is 0 Å². The molecule has 0 saturated carbocycles. The number of nitrogens with zero attached hydrogens (tertiary/aromatic N) is 1. The van der Waals surface area contributed by atoms with E-state index in [0.29, 0.717) is 16.5 Å². The first kappa shape index (κ1) is 13.4. The van der Waals surface area contributed by atoms with E-state index in [1.807, 2.05) is 19.1 Å². The molecule has 0 bridgehead atoms. The lowest BCUT2D eigenvalue weighted by Gasteiger charge is -2.06. The van der Waals surface area contributed by atoms with E-state index in [1.165, 1.54) is 6.07 Å². The van der Waals surface area contributed by atoms with Crippen LogP contribution in [0.3, 0.4) is 0 Å². The summed E-state index contributed by atoms with van der Waals surface area (Å²) < 4.78 is 15.8. The molecule has 1 heterocycles. The fourth-order valence-corrected chi connectivity index (χ4v) is 2.59. The van der Waals surface area contributed by atoms with Crippen LogP contribution in [-0.2, 0) is 7.05 Å². The van der Waals surface area contributed by atoms with Gasteiger partial charge in [0.15, 0.2) is 0 Å². The lowest BCUT2D eigenvalue weighted by molar-refractivity contribution is 0.0699. The third kappa shape index (κ3) is 2.18. The SMILES string of the molecule is Cc1ccc(F)c(-c2ccc3c(c2)c(C(=O)O)cn3C)c1. The maximum Gasteiger partial charge on any atom is 0.337 e. The molecule has 0 saturated heterocycles. The minimum absolute atomic E-state index is 0.224. The van der Waals surface area contributed by atoms with E-state index in [4.69, 9.17) is 0 Å². The van der Waals surface area contributed by atoms with Crippen LogP contribution in [0.4, 0.5) is 4.39 Å². The Morgan fingerprint density at radius 3 is 2.67 bits per heavy atom. The lowest BCUT2D eigenvalue weighted by Crippen LogP contribution is -1.94. The maximum absolute atomic E-state index is 14.0. The van der Waals surface area contributed by atoms with E-state index >= 15 is 0 Å². The van der Waals surface area contributed by atoms with Crippen molar-refractivity contribution in [1.29, 1.82) is 0 Å². The average molecular weight is 283 g/mol. The fourth-order valence-electron chi connectivity index (χ4n) is 2.59. The van der Waals surface area contributed by atoms with Crippen LogP contribution in [0.2, 0.25) is 0 Å². The van der Waals surface area contributed by atoms with Gasteiger partial charge >= 0.3 is 5.97 Å². The molecule has 106 valence electrons. The largest absolute Gasteiger partial charge is 0.478 e. The number of aromatic nitrogens is 1. The summed E-state index contributed by atoms with van der Waals surface area (Å²) in [7, 11) is 1.79. The van der Waals surface area contributed by atoms with Crippen LogP contribution in [0, 0.1) is 12.7 Å². The second-order valence-corrected chi connectivity index (χ2v) is 5.17. The van der Waals surface area contributed by atoms with Gasteiger partial charge in [0.2, 0.25) is 0 Å². The molecule has 3 nitrogen and oxygen atoms in total.